The summed E-state index contributed by atoms with van der Waals surface area (Å²) in [5.74, 6) is 1.20. The predicted molar refractivity (Wildman–Crippen MR) is 82.4 cm³/mol. The van der Waals surface area contributed by atoms with Gasteiger partial charge in [-0.15, -0.1) is 0 Å². The maximum Gasteiger partial charge on any atom is 0.303 e. The van der Waals surface area contributed by atoms with Crippen LogP contribution in [0.25, 0.3) is 0 Å². The molecule has 0 unspecified atom stereocenters. The lowest BCUT2D eigenvalue weighted by Gasteiger charge is -2.32. The first-order valence-electron chi connectivity index (χ1n) is 8.00. The first-order chi connectivity index (χ1) is 11.1. The molecule has 0 bridgehead atoms. The third kappa shape index (κ3) is 3.94. The lowest BCUT2D eigenvalue weighted by molar-refractivity contribution is -0.138. The molecule has 2 aliphatic rings. The van der Waals surface area contributed by atoms with Crippen molar-refractivity contribution in [2.24, 2.45) is 5.92 Å². The summed E-state index contributed by atoms with van der Waals surface area (Å²) >= 11 is 0. The molecule has 1 fully saturated rings. The van der Waals surface area contributed by atoms with Gasteiger partial charge in [0.05, 0.1) is 6.42 Å². The van der Waals surface area contributed by atoms with Crippen LogP contribution < -0.4 is 9.47 Å². The highest BCUT2D eigenvalue weighted by molar-refractivity contribution is 5.79. The molecule has 23 heavy (non-hydrogen) atoms. The molecular formula is C17H21NO5. The SMILES string of the molecule is O=C(O)CCC1CCN(C(=O)Cc2ccc3c(c2)OCO3)CC1. The number of aliphatic carboxylic acids is 1. The van der Waals surface area contributed by atoms with Crippen molar-refractivity contribution < 1.29 is 24.2 Å². The van der Waals surface area contributed by atoms with Crippen LogP contribution in [0.1, 0.15) is 31.2 Å². The molecule has 0 saturated carbocycles. The Kier molecular flexibility index (Phi) is 4.69. The van der Waals surface area contributed by atoms with Gasteiger partial charge >= 0.3 is 5.97 Å². The maximum atomic E-state index is 12.4. The summed E-state index contributed by atoms with van der Waals surface area (Å²) < 4.78 is 10.6. The van der Waals surface area contributed by atoms with Crippen molar-refractivity contribution in [2.75, 3.05) is 19.9 Å². The van der Waals surface area contributed by atoms with Gasteiger partial charge in [0.1, 0.15) is 0 Å². The zero-order valence-corrected chi connectivity index (χ0v) is 13.0. The molecule has 6 nitrogen and oxygen atoms in total. The summed E-state index contributed by atoms with van der Waals surface area (Å²) in [6, 6.07) is 5.59. The van der Waals surface area contributed by atoms with Gasteiger partial charge in [0.15, 0.2) is 11.5 Å². The normalized spacial score (nSPS) is 17.3. The number of likely N-dealkylation sites (tertiary alicyclic amines) is 1. The highest BCUT2D eigenvalue weighted by Gasteiger charge is 2.23. The fourth-order valence-electron chi connectivity index (χ4n) is 3.14. The number of hydrogen-bond acceptors (Lipinski definition) is 4. The highest BCUT2D eigenvalue weighted by Crippen LogP contribution is 2.32. The average molecular weight is 319 g/mol. The number of hydrogen-bond donors (Lipinski definition) is 1. The van der Waals surface area contributed by atoms with E-state index in [0.717, 1.165) is 24.2 Å². The third-order valence-electron chi connectivity index (χ3n) is 4.53. The molecule has 0 atom stereocenters. The Balaban J connectivity index is 1.49. The molecule has 2 aliphatic heterocycles. The summed E-state index contributed by atoms with van der Waals surface area (Å²) in [7, 11) is 0. The van der Waals surface area contributed by atoms with Crippen LogP contribution in [0.5, 0.6) is 11.5 Å². The van der Waals surface area contributed by atoms with Gasteiger partial charge < -0.3 is 19.5 Å². The van der Waals surface area contributed by atoms with Gasteiger partial charge in [0, 0.05) is 19.5 Å². The lowest BCUT2D eigenvalue weighted by atomic mass is 9.92. The third-order valence-corrected chi connectivity index (χ3v) is 4.53. The van der Waals surface area contributed by atoms with Crippen LogP contribution in [-0.2, 0) is 16.0 Å². The van der Waals surface area contributed by atoms with E-state index in [9.17, 15) is 9.59 Å². The second-order valence-corrected chi connectivity index (χ2v) is 6.12. The number of carbonyl (C=O) groups excluding carboxylic acids is 1. The molecule has 1 amide bonds. The maximum absolute atomic E-state index is 12.4. The molecule has 1 saturated heterocycles. The Hall–Kier alpha value is -2.24. The van der Waals surface area contributed by atoms with Gasteiger partial charge in [-0.05, 0) is 42.9 Å². The van der Waals surface area contributed by atoms with Crippen molar-refractivity contribution >= 4 is 11.9 Å². The Morgan fingerprint density at radius 3 is 2.65 bits per heavy atom. The number of rotatable bonds is 5. The van der Waals surface area contributed by atoms with E-state index in [1.54, 1.807) is 0 Å². The fourth-order valence-corrected chi connectivity index (χ4v) is 3.14. The number of amides is 1. The lowest BCUT2D eigenvalue weighted by Crippen LogP contribution is -2.39. The predicted octanol–water partition coefficient (Wildman–Crippen LogP) is 2.06. The van der Waals surface area contributed by atoms with E-state index < -0.39 is 5.97 Å². The quantitative estimate of drug-likeness (QED) is 0.899. The van der Waals surface area contributed by atoms with Gasteiger partial charge in [-0.3, -0.25) is 9.59 Å². The Bertz CT molecular complexity index is 593. The number of ether oxygens (including phenoxy) is 2. The molecule has 1 aromatic carbocycles. The molecule has 124 valence electrons. The average Bonchev–Trinajstić information content (AvgIpc) is 3.01. The van der Waals surface area contributed by atoms with Crippen LogP contribution in [0.3, 0.4) is 0 Å². The van der Waals surface area contributed by atoms with Gasteiger partial charge in [-0.25, -0.2) is 0 Å². The summed E-state index contributed by atoms with van der Waals surface area (Å²) in [5.41, 5.74) is 0.923. The summed E-state index contributed by atoms with van der Waals surface area (Å²) in [5, 5.41) is 8.73. The molecule has 0 radical (unpaired) electrons. The van der Waals surface area contributed by atoms with E-state index in [1.807, 2.05) is 23.1 Å². The first-order valence-corrected chi connectivity index (χ1v) is 8.00. The zero-order valence-electron chi connectivity index (χ0n) is 13.0. The molecule has 0 aliphatic carbocycles. The minimum absolute atomic E-state index is 0.112. The molecule has 1 N–H and O–H groups in total. The Morgan fingerprint density at radius 2 is 1.91 bits per heavy atom. The minimum Gasteiger partial charge on any atom is -0.481 e. The molecule has 2 heterocycles. The van der Waals surface area contributed by atoms with E-state index in [2.05, 4.69) is 0 Å². The smallest absolute Gasteiger partial charge is 0.303 e. The van der Waals surface area contributed by atoms with Crippen LogP contribution in [-0.4, -0.2) is 41.8 Å². The van der Waals surface area contributed by atoms with Crippen LogP contribution in [0, 0.1) is 5.92 Å². The summed E-state index contributed by atoms with van der Waals surface area (Å²) in [6.45, 7) is 1.66. The van der Waals surface area contributed by atoms with Crippen LogP contribution in [0.2, 0.25) is 0 Å². The first kappa shape index (κ1) is 15.6. The molecule has 3 rings (SSSR count). The van der Waals surface area contributed by atoms with Gasteiger partial charge in [-0.2, -0.15) is 0 Å². The number of piperidine rings is 1. The molecule has 0 aromatic heterocycles. The number of carboxylic acids is 1. The number of carbonyl (C=O) groups is 2. The van der Waals surface area contributed by atoms with Crippen molar-refractivity contribution in [2.45, 2.75) is 32.1 Å². The van der Waals surface area contributed by atoms with E-state index in [0.29, 0.717) is 37.6 Å². The number of benzene rings is 1. The minimum atomic E-state index is -0.744. The van der Waals surface area contributed by atoms with Gasteiger partial charge in [0.25, 0.3) is 0 Å². The molecule has 6 heteroatoms. The standard InChI is InChI=1S/C17H21NO5/c19-16(10-13-1-3-14-15(9-13)23-11-22-14)18-7-5-12(6-8-18)2-4-17(20)21/h1,3,9,12H,2,4-8,10-11H2,(H,20,21). The van der Waals surface area contributed by atoms with Gasteiger partial charge in [-0.1, -0.05) is 6.07 Å². The second-order valence-electron chi connectivity index (χ2n) is 6.12. The van der Waals surface area contributed by atoms with E-state index >= 15 is 0 Å². The fraction of sp³-hybridized carbons (Fsp3) is 0.529. The number of fused-ring (bicyclic) bond motifs is 1. The monoisotopic (exact) mass is 319 g/mol. The van der Waals surface area contributed by atoms with E-state index in [-0.39, 0.29) is 19.1 Å². The van der Waals surface area contributed by atoms with Crippen molar-refractivity contribution in [3.8, 4) is 11.5 Å². The topological polar surface area (TPSA) is 76.1 Å². The summed E-state index contributed by atoms with van der Waals surface area (Å²) in [4.78, 5) is 24.9. The van der Waals surface area contributed by atoms with Crippen LogP contribution in [0.4, 0.5) is 0 Å². The Labute approximate surface area is 135 Å². The Morgan fingerprint density at radius 1 is 1.17 bits per heavy atom. The van der Waals surface area contributed by atoms with Crippen molar-refractivity contribution in [1.29, 1.82) is 0 Å². The van der Waals surface area contributed by atoms with Crippen LogP contribution in [0.15, 0.2) is 18.2 Å². The van der Waals surface area contributed by atoms with Crippen LogP contribution >= 0.6 is 0 Å². The van der Waals surface area contributed by atoms with E-state index in [4.69, 9.17) is 14.6 Å². The molecule has 0 spiro atoms. The number of carboxylic acid groups (broad SMARTS) is 1. The van der Waals surface area contributed by atoms with Crippen molar-refractivity contribution in [3.05, 3.63) is 23.8 Å². The highest BCUT2D eigenvalue weighted by atomic mass is 16.7. The number of nitrogens with zero attached hydrogens (tertiary/aromatic N) is 1. The van der Waals surface area contributed by atoms with Crippen molar-refractivity contribution in [3.63, 3.8) is 0 Å². The second kappa shape index (κ2) is 6.89. The molecular weight excluding hydrogens is 298 g/mol. The van der Waals surface area contributed by atoms with E-state index in [1.165, 1.54) is 0 Å². The molecule has 1 aromatic rings. The van der Waals surface area contributed by atoms with Gasteiger partial charge in [0.2, 0.25) is 12.7 Å². The van der Waals surface area contributed by atoms with Crippen molar-refractivity contribution in [1.82, 2.24) is 4.90 Å². The largest absolute Gasteiger partial charge is 0.481 e. The zero-order chi connectivity index (χ0) is 16.2. The summed E-state index contributed by atoms with van der Waals surface area (Å²) in [6.07, 6.45) is 3.06.